The van der Waals surface area contributed by atoms with Gasteiger partial charge in [-0.25, -0.2) is 4.79 Å². The zero-order valence-corrected chi connectivity index (χ0v) is 48.4. The molecule has 7 N–H and O–H groups in total. The van der Waals surface area contributed by atoms with E-state index in [1.165, 1.54) is 20.1 Å². The number of hydrogen-bond donors (Lipinski definition) is 7. The fraction of sp³-hybridized carbons (Fsp3) is 0.831. The maximum absolute atomic E-state index is 14.1. The highest BCUT2D eigenvalue weighted by Gasteiger charge is 2.81. The summed E-state index contributed by atoms with van der Waals surface area (Å²) in [7, 11) is 4.52. The Labute approximate surface area is 479 Å². The molecule has 23 heteroatoms. The Kier molecular flexibility index (Phi) is 18.8. The first-order valence-corrected chi connectivity index (χ1v) is 29.4. The van der Waals surface area contributed by atoms with Crippen molar-refractivity contribution in [3.8, 4) is 0 Å². The Morgan fingerprint density at radius 2 is 1.30 bits per heavy atom. The van der Waals surface area contributed by atoms with E-state index in [0.29, 0.717) is 44.9 Å². The second-order valence-corrected chi connectivity index (χ2v) is 25.0. The number of ether oxygens (including phenoxy) is 14. The Bertz CT molecular complexity index is 2360. The zero-order valence-electron chi connectivity index (χ0n) is 48.4. The van der Waals surface area contributed by atoms with Gasteiger partial charge in [-0.3, -0.25) is 4.79 Å². The van der Waals surface area contributed by atoms with Crippen LogP contribution in [0.2, 0.25) is 0 Å². The lowest BCUT2D eigenvalue weighted by Gasteiger charge is -2.66. The summed E-state index contributed by atoms with van der Waals surface area (Å²) < 4.78 is 87.4. The molecule has 1 aromatic carbocycles. The Morgan fingerprint density at radius 1 is 0.671 bits per heavy atom. The molecule has 1 aromatic rings. The van der Waals surface area contributed by atoms with Crippen molar-refractivity contribution in [3.63, 3.8) is 0 Å². The van der Waals surface area contributed by atoms with E-state index in [9.17, 15) is 45.3 Å². The number of rotatable bonds is 16. The van der Waals surface area contributed by atoms with Gasteiger partial charge in [-0.2, -0.15) is 0 Å². The molecule has 10 rings (SSSR count). The van der Waals surface area contributed by atoms with Crippen molar-refractivity contribution in [2.75, 3.05) is 34.5 Å². The third-order valence-electron chi connectivity index (χ3n) is 20.5. The third-order valence-corrected chi connectivity index (χ3v) is 20.5. The van der Waals surface area contributed by atoms with Crippen LogP contribution in [0.4, 0.5) is 0 Å². The van der Waals surface area contributed by atoms with Crippen molar-refractivity contribution in [3.05, 3.63) is 42.0 Å². The predicted octanol–water partition coefficient (Wildman–Crippen LogP) is 2.02. The zero-order chi connectivity index (χ0) is 58.8. The van der Waals surface area contributed by atoms with Crippen molar-refractivity contribution in [2.45, 2.75) is 240 Å². The molecule has 0 bridgehead atoms. The average molecular weight is 1170 g/mol. The van der Waals surface area contributed by atoms with Crippen molar-refractivity contribution in [1.82, 2.24) is 0 Å². The summed E-state index contributed by atoms with van der Waals surface area (Å²) in [5, 5.41) is 77.5. The quantitative estimate of drug-likeness (QED) is 0.0708. The first-order valence-electron chi connectivity index (χ1n) is 29.4. The predicted molar refractivity (Wildman–Crippen MR) is 283 cm³/mol. The summed E-state index contributed by atoms with van der Waals surface area (Å²) in [6.45, 7) is 9.79. The minimum atomic E-state index is -1.68. The van der Waals surface area contributed by atoms with E-state index in [1.807, 2.05) is 37.3 Å². The van der Waals surface area contributed by atoms with Crippen molar-refractivity contribution in [1.29, 1.82) is 0 Å². The van der Waals surface area contributed by atoms with Crippen molar-refractivity contribution >= 4 is 18.0 Å². The maximum Gasteiger partial charge on any atom is 0.331 e. The van der Waals surface area contributed by atoms with E-state index in [-0.39, 0.29) is 31.0 Å². The van der Waals surface area contributed by atoms with Crippen LogP contribution in [0, 0.1) is 34.5 Å². The lowest BCUT2D eigenvalue weighted by molar-refractivity contribution is -0.373. The maximum atomic E-state index is 14.1. The number of fused-ring (bicyclic) bond motifs is 4. The van der Waals surface area contributed by atoms with Crippen LogP contribution in [0.5, 0.6) is 0 Å². The highest BCUT2D eigenvalue weighted by molar-refractivity contribution is 5.87. The minimum Gasteiger partial charge on any atom is -0.458 e. The molecule has 5 heterocycles. The number of aliphatic hydroxyl groups excluding tert-OH is 5. The van der Waals surface area contributed by atoms with E-state index in [4.69, 9.17) is 66.3 Å². The van der Waals surface area contributed by atoms with Crippen LogP contribution in [0.3, 0.4) is 0 Å². The molecule has 5 saturated heterocycles. The lowest BCUT2D eigenvalue weighted by Crippen LogP contribution is -2.74. The number of esters is 2. The highest BCUT2D eigenvalue weighted by Crippen LogP contribution is 2.73. The molecule has 5 aliphatic heterocycles. The second kappa shape index (κ2) is 24.7. The molecule has 9 fully saturated rings. The number of methoxy groups -OCH3 is 3. The van der Waals surface area contributed by atoms with Crippen molar-refractivity contribution < 1.29 is 112 Å². The van der Waals surface area contributed by atoms with Gasteiger partial charge in [0.2, 0.25) is 0 Å². The largest absolute Gasteiger partial charge is 0.458 e. The van der Waals surface area contributed by atoms with Gasteiger partial charge in [0.1, 0.15) is 67.1 Å². The summed E-state index contributed by atoms with van der Waals surface area (Å²) in [6, 6.07) is 9.41. The molecule has 0 radical (unpaired) electrons. The van der Waals surface area contributed by atoms with Gasteiger partial charge in [0.15, 0.2) is 30.9 Å². The van der Waals surface area contributed by atoms with Gasteiger partial charge in [0.25, 0.3) is 0 Å². The molecule has 4 saturated carbocycles. The van der Waals surface area contributed by atoms with Crippen molar-refractivity contribution in [2.24, 2.45) is 34.5 Å². The first kappa shape index (κ1) is 62.2. The van der Waals surface area contributed by atoms with E-state index in [0.717, 1.165) is 12.0 Å². The topological polar surface area (TPSA) is 305 Å². The fourth-order valence-electron chi connectivity index (χ4n) is 16.4. The second-order valence-electron chi connectivity index (χ2n) is 25.0. The molecule has 0 aromatic heterocycles. The number of aliphatic hydroxyl groups is 7. The van der Waals surface area contributed by atoms with Crippen LogP contribution in [-0.4, -0.2) is 223 Å². The van der Waals surface area contributed by atoms with Crippen LogP contribution in [0.1, 0.15) is 105 Å². The number of benzene rings is 1. The Morgan fingerprint density at radius 3 is 1.95 bits per heavy atom. The molecular weight excluding hydrogens is 1080 g/mol. The normalized spacial score (nSPS) is 50.2. The van der Waals surface area contributed by atoms with Gasteiger partial charge < -0.3 is 102 Å². The van der Waals surface area contributed by atoms with Gasteiger partial charge in [0.05, 0.1) is 60.9 Å². The third kappa shape index (κ3) is 11.3. The van der Waals surface area contributed by atoms with Crippen LogP contribution in [0.25, 0.3) is 6.08 Å². The molecule has 0 unspecified atom stereocenters. The summed E-state index contributed by atoms with van der Waals surface area (Å²) in [6.07, 6.45) is -12.7. The van der Waals surface area contributed by atoms with Gasteiger partial charge in [-0.15, -0.1) is 0 Å². The molecule has 23 nitrogen and oxygen atoms in total. The molecule has 0 amide bonds. The number of hydrogen-bond acceptors (Lipinski definition) is 23. The summed E-state index contributed by atoms with van der Waals surface area (Å²) in [5.41, 5.74) is -2.29. The average Bonchev–Trinajstić information content (AvgIpc) is 1.45. The standard InChI is InChI=1S/C59H88O23/c1-28-48(80-42-25-37(70-8)49(29(2)74-42)81-55-47(66)52(71-9)50(30(3)75-55)82-54-46(65)45(64)44(63)38(26-60)78-54)36(69-7)24-41(73-28)77-34-19-21-56(5)33(23-34)16-17-35-43(56)51(79-40(62)18-15-32-13-11-10-12-14-32)53(76-31(4)61)58-27-72-57(6,67)39(58)20-22-59(35,58)68/h10-15,18,28-30,33-39,41-55,60,63-68H,16-17,19-27H2,1-9H3/t28-,29-,30-,33+,34+,35+,36+,37-,38-,39-,41+,42+,43-,44-,45+,46-,47-,48-,49-,50-,51+,52+,53-,54+,55+,56+,57-,58+,59+/m1/s1. The van der Waals surface area contributed by atoms with E-state index >= 15 is 0 Å². The minimum absolute atomic E-state index is 0.0596. The van der Waals surface area contributed by atoms with Gasteiger partial charge >= 0.3 is 11.9 Å². The van der Waals surface area contributed by atoms with Gasteiger partial charge in [-0.1, -0.05) is 37.3 Å². The number of carbonyl (C=O) groups excluding carboxylic acids is 2. The first-order chi connectivity index (χ1) is 39.0. The van der Waals surface area contributed by atoms with Crippen LogP contribution in [0.15, 0.2) is 36.4 Å². The van der Waals surface area contributed by atoms with Crippen LogP contribution in [-0.2, 0) is 75.9 Å². The smallest absolute Gasteiger partial charge is 0.331 e. The van der Waals surface area contributed by atoms with E-state index in [2.05, 4.69) is 6.92 Å². The summed E-state index contributed by atoms with van der Waals surface area (Å²) in [5.74, 6) is -4.06. The Balaban J connectivity index is 0.777. The lowest BCUT2D eigenvalue weighted by atomic mass is 9.41. The summed E-state index contributed by atoms with van der Waals surface area (Å²) in [4.78, 5) is 27.3. The summed E-state index contributed by atoms with van der Waals surface area (Å²) >= 11 is 0. The molecule has 29 atom stereocenters. The molecule has 82 heavy (non-hydrogen) atoms. The van der Waals surface area contributed by atoms with E-state index < -0.39 is 175 Å². The molecular formula is C59H88O23. The van der Waals surface area contributed by atoms with Crippen LogP contribution < -0.4 is 0 Å². The van der Waals surface area contributed by atoms with Gasteiger partial charge in [0, 0.05) is 59.0 Å². The Hall–Kier alpha value is -2.86. The molecule has 9 aliphatic rings. The van der Waals surface area contributed by atoms with Crippen LogP contribution >= 0.6 is 0 Å². The number of carbonyl (C=O) groups is 2. The SMILES string of the molecule is CO[C@H]1[C@@H](O)[C@H](O[C@@H]2[C@@H](C)O[C@@H](O[C@H]3[C@@H](OC)C[C@H](O[C@H]4CC[C@@]5(C)[C@@H](CC[C@H]6[C@@H]5[C@H](OC(=O)C=Cc5ccccc5)[C@@H](OC(C)=O)[C@]57CO[C@@](C)(O)[C@H]5CC[C@]67O)C4)O[C@@H]3C)C[C@H]2OC)O[C@H](C)[C@H]1O[C@@H]1O[C@H](CO)[C@@H](O)[C@H](O)[C@H]1O. The highest BCUT2D eigenvalue weighted by atomic mass is 16.8. The van der Waals surface area contributed by atoms with Gasteiger partial charge in [-0.05, 0) is 102 Å². The molecule has 1 spiro atoms. The fourth-order valence-corrected chi connectivity index (χ4v) is 16.4. The van der Waals surface area contributed by atoms with E-state index in [1.54, 1.807) is 41.1 Å². The molecule has 4 aliphatic carbocycles. The monoisotopic (exact) mass is 1160 g/mol. The molecule has 462 valence electrons.